The number of hydrogen-bond donors (Lipinski definition) is 2. The number of benzene rings is 1. The number of rotatable bonds is 8. The normalized spacial score (nSPS) is 11.4. The number of aryl methyl sites for hydroxylation is 1. The molecular formula is C16H28N4. The van der Waals surface area contributed by atoms with Crippen LogP contribution in [0, 0.1) is 6.92 Å². The van der Waals surface area contributed by atoms with Crippen molar-refractivity contribution in [1.82, 2.24) is 5.32 Å². The molecule has 3 N–H and O–H groups in total. The summed E-state index contributed by atoms with van der Waals surface area (Å²) >= 11 is 0. The first-order valence-electron chi connectivity index (χ1n) is 7.52. The SMILES string of the molecule is CCCCN=C(N)NCCN(CC)c1cccc(C)c1. The fourth-order valence-corrected chi connectivity index (χ4v) is 2.03. The van der Waals surface area contributed by atoms with E-state index < -0.39 is 0 Å². The third-order valence-corrected chi connectivity index (χ3v) is 3.23. The number of nitrogens with two attached hydrogens (primary N) is 1. The van der Waals surface area contributed by atoms with Gasteiger partial charge in [-0.1, -0.05) is 25.5 Å². The van der Waals surface area contributed by atoms with Gasteiger partial charge in [0.05, 0.1) is 0 Å². The van der Waals surface area contributed by atoms with Crippen molar-refractivity contribution in [1.29, 1.82) is 0 Å². The minimum atomic E-state index is 0.554. The van der Waals surface area contributed by atoms with Crippen LogP contribution in [-0.2, 0) is 0 Å². The van der Waals surface area contributed by atoms with Crippen LogP contribution in [0.4, 0.5) is 5.69 Å². The van der Waals surface area contributed by atoms with Crippen molar-refractivity contribution in [3.63, 3.8) is 0 Å². The van der Waals surface area contributed by atoms with Gasteiger partial charge in [-0.3, -0.25) is 4.99 Å². The van der Waals surface area contributed by atoms with Crippen LogP contribution >= 0.6 is 0 Å². The van der Waals surface area contributed by atoms with Gasteiger partial charge < -0.3 is 16.0 Å². The number of anilines is 1. The molecule has 0 aliphatic rings. The third kappa shape index (κ3) is 5.95. The van der Waals surface area contributed by atoms with E-state index in [1.165, 1.54) is 11.3 Å². The lowest BCUT2D eigenvalue weighted by molar-refractivity contribution is 0.761. The predicted molar refractivity (Wildman–Crippen MR) is 88.5 cm³/mol. The lowest BCUT2D eigenvalue weighted by Gasteiger charge is -2.23. The maximum Gasteiger partial charge on any atom is 0.188 e. The summed E-state index contributed by atoms with van der Waals surface area (Å²) in [6, 6.07) is 8.58. The highest BCUT2D eigenvalue weighted by Crippen LogP contribution is 2.14. The molecule has 0 heterocycles. The van der Waals surface area contributed by atoms with Crippen LogP contribution in [-0.4, -0.2) is 32.1 Å². The Bertz CT molecular complexity index is 415. The van der Waals surface area contributed by atoms with Crippen molar-refractivity contribution < 1.29 is 0 Å². The molecule has 0 amide bonds. The van der Waals surface area contributed by atoms with Crippen molar-refractivity contribution in [3.05, 3.63) is 29.8 Å². The monoisotopic (exact) mass is 276 g/mol. The number of aliphatic imine (C=N–C) groups is 1. The molecule has 0 fully saturated rings. The summed E-state index contributed by atoms with van der Waals surface area (Å²) in [5.41, 5.74) is 8.37. The second kappa shape index (κ2) is 9.23. The van der Waals surface area contributed by atoms with E-state index >= 15 is 0 Å². The van der Waals surface area contributed by atoms with Gasteiger partial charge in [0.1, 0.15) is 0 Å². The highest BCUT2D eigenvalue weighted by atomic mass is 15.2. The van der Waals surface area contributed by atoms with Gasteiger partial charge in [-0.15, -0.1) is 0 Å². The molecule has 0 atom stereocenters. The van der Waals surface area contributed by atoms with Crippen LogP contribution in [0.1, 0.15) is 32.3 Å². The second-order valence-electron chi connectivity index (χ2n) is 4.97. The van der Waals surface area contributed by atoms with Crippen LogP contribution in [0.3, 0.4) is 0 Å². The maximum absolute atomic E-state index is 5.83. The lowest BCUT2D eigenvalue weighted by Crippen LogP contribution is -2.38. The summed E-state index contributed by atoms with van der Waals surface area (Å²) < 4.78 is 0. The van der Waals surface area contributed by atoms with Gasteiger partial charge in [-0.25, -0.2) is 0 Å². The molecule has 1 aromatic rings. The van der Waals surface area contributed by atoms with E-state index in [0.29, 0.717) is 5.96 Å². The van der Waals surface area contributed by atoms with E-state index in [0.717, 1.165) is 39.0 Å². The standard InChI is InChI=1S/C16H28N4/c1-4-6-10-18-16(17)19-11-12-20(5-2)15-9-7-8-14(3)13-15/h7-9,13H,4-6,10-12H2,1-3H3,(H3,17,18,19). The van der Waals surface area contributed by atoms with E-state index in [1.54, 1.807) is 0 Å². The molecule has 0 aliphatic carbocycles. The largest absolute Gasteiger partial charge is 0.370 e. The van der Waals surface area contributed by atoms with E-state index in [-0.39, 0.29) is 0 Å². The third-order valence-electron chi connectivity index (χ3n) is 3.23. The number of likely N-dealkylation sites (N-methyl/N-ethyl adjacent to an activating group) is 1. The zero-order valence-corrected chi connectivity index (χ0v) is 13.0. The van der Waals surface area contributed by atoms with Crippen molar-refractivity contribution in [2.24, 2.45) is 10.7 Å². The Hall–Kier alpha value is -1.71. The smallest absolute Gasteiger partial charge is 0.188 e. The number of nitrogens with zero attached hydrogens (tertiary/aromatic N) is 2. The van der Waals surface area contributed by atoms with Crippen LogP contribution in [0.25, 0.3) is 0 Å². The maximum atomic E-state index is 5.83. The van der Waals surface area contributed by atoms with Crippen molar-refractivity contribution in [2.75, 3.05) is 31.1 Å². The minimum Gasteiger partial charge on any atom is -0.370 e. The molecule has 20 heavy (non-hydrogen) atoms. The van der Waals surface area contributed by atoms with Crippen LogP contribution < -0.4 is 16.0 Å². The summed E-state index contributed by atoms with van der Waals surface area (Å²) in [5, 5.41) is 3.18. The molecule has 0 saturated carbocycles. The van der Waals surface area contributed by atoms with Crippen LogP contribution in [0.5, 0.6) is 0 Å². The number of nitrogens with one attached hydrogen (secondary N) is 1. The van der Waals surface area contributed by atoms with Crippen LogP contribution in [0.15, 0.2) is 29.3 Å². The van der Waals surface area contributed by atoms with Gasteiger partial charge >= 0.3 is 0 Å². The van der Waals surface area contributed by atoms with Gasteiger partial charge in [0.15, 0.2) is 5.96 Å². The average molecular weight is 276 g/mol. The zero-order valence-electron chi connectivity index (χ0n) is 13.0. The zero-order chi connectivity index (χ0) is 14.8. The average Bonchev–Trinajstić information content (AvgIpc) is 2.44. The van der Waals surface area contributed by atoms with Crippen molar-refractivity contribution in [3.8, 4) is 0 Å². The fraction of sp³-hybridized carbons (Fsp3) is 0.562. The first-order valence-corrected chi connectivity index (χ1v) is 7.52. The summed E-state index contributed by atoms with van der Waals surface area (Å²) in [5.74, 6) is 0.554. The second-order valence-corrected chi connectivity index (χ2v) is 4.97. The first-order chi connectivity index (χ1) is 9.67. The van der Waals surface area contributed by atoms with E-state index in [9.17, 15) is 0 Å². The number of hydrogen-bond acceptors (Lipinski definition) is 2. The summed E-state index contributed by atoms with van der Waals surface area (Å²) in [6.45, 7) is 9.96. The highest BCUT2D eigenvalue weighted by molar-refractivity contribution is 5.77. The predicted octanol–water partition coefficient (Wildman–Crippen LogP) is 2.53. The lowest BCUT2D eigenvalue weighted by atomic mass is 10.2. The molecule has 4 nitrogen and oxygen atoms in total. The molecule has 0 unspecified atom stereocenters. The molecule has 112 valence electrons. The molecule has 0 saturated heterocycles. The quantitative estimate of drug-likeness (QED) is 0.436. The first kappa shape index (κ1) is 16.3. The Morgan fingerprint density at radius 2 is 2.15 bits per heavy atom. The Morgan fingerprint density at radius 1 is 1.35 bits per heavy atom. The van der Waals surface area contributed by atoms with Crippen LogP contribution in [0.2, 0.25) is 0 Å². The number of guanidine groups is 1. The summed E-state index contributed by atoms with van der Waals surface area (Å²) in [6.07, 6.45) is 2.24. The topological polar surface area (TPSA) is 53.6 Å². The molecule has 1 aromatic carbocycles. The van der Waals surface area contributed by atoms with E-state index in [1.807, 2.05) is 0 Å². The molecular weight excluding hydrogens is 248 g/mol. The van der Waals surface area contributed by atoms with E-state index in [4.69, 9.17) is 5.73 Å². The fourth-order valence-electron chi connectivity index (χ4n) is 2.03. The molecule has 0 radical (unpaired) electrons. The highest BCUT2D eigenvalue weighted by Gasteiger charge is 2.03. The summed E-state index contributed by atoms with van der Waals surface area (Å²) in [4.78, 5) is 6.62. The van der Waals surface area contributed by atoms with Gasteiger partial charge in [0, 0.05) is 31.9 Å². The Labute approximate surface area is 123 Å². The minimum absolute atomic E-state index is 0.554. The van der Waals surface area contributed by atoms with Gasteiger partial charge in [0.25, 0.3) is 0 Å². The van der Waals surface area contributed by atoms with Crippen molar-refractivity contribution in [2.45, 2.75) is 33.6 Å². The molecule has 1 rings (SSSR count). The van der Waals surface area contributed by atoms with Crippen molar-refractivity contribution >= 4 is 11.6 Å². The van der Waals surface area contributed by atoms with E-state index in [2.05, 4.69) is 60.2 Å². The molecule has 0 aromatic heterocycles. The molecule has 0 bridgehead atoms. The molecule has 0 spiro atoms. The van der Waals surface area contributed by atoms with Gasteiger partial charge in [-0.05, 0) is 38.0 Å². The molecule has 0 aliphatic heterocycles. The Kier molecular flexibility index (Phi) is 7.55. The molecule has 4 heteroatoms. The summed E-state index contributed by atoms with van der Waals surface area (Å²) in [7, 11) is 0. The number of unbranched alkanes of at least 4 members (excludes halogenated alkanes) is 1. The van der Waals surface area contributed by atoms with Gasteiger partial charge in [0.2, 0.25) is 0 Å². The van der Waals surface area contributed by atoms with Gasteiger partial charge in [-0.2, -0.15) is 0 Å². The Balaban J connectivity index is 2.40. The Morgan fingerprint density at radius 3 is 2.80 bits per heavy atom.